The first-order valence-electron chi connectivity index (χ1n) is 9.22. The van der Waals surface area contributed by atoms with E-state index in [1.165, 1.54) is 12.1 Å². The summed E-state index contributed by atoms with van der Waals surface area (Å²) < 4.78 is 5.19. The summed E-state index contributed by atoms with van der Waals surface area (Å²) >= 11 is 5.81. The molecule has 7 heteroatoms. The number of Topliss-reactive ketones (excluding diaryl/α,β-unsaturated/α-hetero) is 1. The molecule has 150 valence electrons. The van der Waals surface area contributed by atoms with E-state index in [0.717, 1.165) is 4.90 Å². The van der Waals surface area contributed by atoms with E-state index >= 15 is 0 Å². The van der Waals surface area contributed by atoms with Gasteiger partial charge in [0.2, 0.25) is 0 Å². The predicted molar refractivity (Wildman–Crippen MR) is 107 cm³/mol. The topological polar surface area (TPSA) is 80.8 Å². The largest absolute Gasteiger partial charge is 0.456 e. The van der Waals surface area contributed by atoms with Gasteiger partial charge >= 0.3 is 5.97 Å². The number of hydrogen-bond donors (Lipinski definition) is 0. The molecule has 2 amide bonds. The minimum Gasteiger partial charge on any atom is -0.456 e. The Morgan fingerprint density at radius 2 is 1.52 bits per heavy atom. The van der Waals surface area contributed by atoms with Crippen molar-refractivity contribution in [2.45, 2.75) is 26.3 Å². The van der Waals surface area contributed by atoms with E-state index in [-0.39, 0.29) is 23.5 Å². The lowest BCUT2D eigenvalue weighted by Crippen LogP contribution is -2.46. The first-order chi connectivity index (χ1) is 13.8. The molecule has 1 aliphatic heterocycles. The smallest absolute Gasteiger partial charge is 0.329 e. The van der Waals surface area contributed by atoms with Crippen LogP contribution in [0.4, 0.5) is 0 Å². The maximum Gasteiger partial charge on any atom is 0.329 e. The number of hydrogen-bond acceptors (Lipinski definition) is 5. The molecule has 0 spiro atoms. The normalized spacial score (nSPS) is 14.1. The third-order valence-electron chi connectivity index (χ3n) is 4.62. The average molecular weight is 414 g/mol. The second-order valence-electron chi connectivity index (χ2n) is 7.21. The minimum atomic E-state index is -1.10. The van der Waals surface area contributed by atoms with Crippen molar-refractivity contribution >= 4 is 35.2 Å². The third kappa shape index (κ3) is 4.38. The molecule has 0 N–H and O–H groups in total. The van der Waals surface area contributed by atoms with E-state index < -0.39 is 36.2 Å². The average Bonchev–Trinajstić information content (AvgIpc) is 2.95. The Labute approximate surface area is 173 Å². The number of nitrogens with zero attached hydrogens (tertiary/aromatic N) is 1. The van der Waals surface area contributed by atoms with Crippen LogP contribution in [0, 0.1) is 5.92 Å². The minimum absolute atomic E-state index is 0.0174. The molecule has 29 heavy (non-hydrogen) atoms. The van der Waals surface area contributed by atoms with Crippen LogP contribution in [0.3, 0.4) is 0 Å². The molecule has 0 bridgehead atoms. The Balaban J connectivity index is 1.76. The van der Waals surface area contributed by atoms with Crippen molar-refractivity contribution in [3.63, 3.8) is 0 Å². The first-order valence-corrected chi connectivity index (χ1v) is 9.59. The molecular weight excluding hydrogens is 394 g/mol. The summed E-state index contributed by atoms with van der Waals surface area (Å²) in [6.07, 6.45) is 0.236. The highest BCUT2D eigenvalue weighted by atomic mass is 35.5. The van der Waals surface area contributed by atoms with Gasteiger partial charge in [-0.3, -0.25) is 19.3 Å². The lowest BCUT2D eigenvalue weighted by atomic mass is 10.0. The van der Waals surface area contributed by atoms with Crippen LogP contribution in [-0.2, 0) is 9.53 Å². The highest BCUT2D eigenvalue weighted by Gasteiger charge is 2.43. The summed E-state index contributed by atoms with van der Waals surface area (Å²) in [5, 5.41) is 0.487. The number of ketones is 1. The molecule has 6 nitrogen and oxygen atoms in total. The summed E-state index contributed by atoms with van der Waals surface area (Å²) in [6.45, 7) is 3.26. The highest BCUT2D eigenvalue weighted by molar-refractivity contribution is 6.30. The number of fused-ring (bicyclic) bond motifs is 1. The van der Waals surface area contributed by atoms with E-state index in [0.29, 0.717) is 10.6 Å². The maximum atomic E-state index is 12.8. The Kier molecular flexibility index (Phi) is 6.13. The van der Waals surface area contributed by atoms with Crippen molar-refractivity contribution in [2.75, 3.05) is 6.61 Å². The summed E-state index contributed by atoms with van der Waals surface area (Å²) in [4.78, 5) is 51.5. The molecule has 2 aromatic rings. The van der Waals surface area contributed by atoms with E-state index in [1.54, 1.807) is 36.4 Å². The van der Waals surface area contributed by atoms with Crippen molar-refractivity contribution in [1.29, 1.82) is 0 Å². The van der Waals surface area contributed by atoms with Gasteiger partial charge in [0.25, 0.3) is 11.8 Å². The van der Waals surface area contributed by atoms with E-state index in [4.69, 9.17) is 16.3 Å². The number of carbonyl (C=O) groups excluding carboxylic acids is 4. The van der Waals surface area contributed by atoms with E-state index in [9.17, 15) is 19.2 Å². The van der Waals surface area contributed by atoms with Gasteiger partial charge in [0.1, 0.15) is 6.04 Å². The van der Waals surface area contributed by atoms with Gasteiger partial charge in [-0.05, 0) is 48.7 Å². The SMILES string of the molecule is CC(C)C[C@H](C(=O)OCC(=O)c1ccc(Cl)cc1)N1C(=O)c2ccccc2C1=O. The van der Waals surface area contributed by atoms with Gasteiger partial charge in [-0.1, -0.05) is 37.6 Å². The van der Waals surface area contributed by atoms with Crippen molar-refractivity contribution in [1.82, 2.24) is 4.90 Å². The summed E-state index contributed by atoms with van der Waals surface area (Å²) in [5.41, 5.74) is 0.871. The number of ether oxygens (including phenoxy) is 1. The molecule has 1 heterocycles. The molecule has 0 saturated carbocycles. The standard InChI is InChI=1S/C22H20ClNO5/c1-13(2)11-18(24-20(26)16-5-3-4-6-17(16)21(24)27)22(28)29-12-19(25)14-7-9-15(23)10-8-14/h3-10,13,18H,11-12H2,1-2H3/t18-/m1/s1. The molecular formula is C22H20ClNO5. The summed E-state index contributed by atoms with van der Waals surface area (Å²) in [7, 11) is 0. The van der Waals surface area contributed by atoms with Crippen LogP contribution in [-0.4, -0.2) is 41.1 Å². The molecule has 0 radical (unpaired) electrons. The lowest BCUT2D eigenvalue weighted by molar-refractivity contribution is -0.147. The zero-order chi connectivity index (χ0) is 21.1. The lowest BCUT2D eigenvalue weighted by Gasteiger charge is -2.25. The highest BCUT2D eigenvalue weighted by Crippen LogP contribution is 2.27. The number of carbonyl (C=O) groups is 4. The number of rotatable bonds is 7. The van der Waals surface area contributed by atoms with Crippen molar-refractivity contribution in [2.24, 2.45) is 5.92 Å². The second-order valence-corrected chi connectivity index (χ2v) is 7.65. The van der Waals surface area contributed by atoms with Gasteiger partial charge in [0.15, 0.2) is 12.4 Å². The van der Waals surface area contributed by atoms with E-state index in [1.807, 2.05) is 13.8 Å². The van der Waals surface area contributed by atoms with Crippen molar-refractivity contribution in [3.05, 3.63) is 70.2 Å². The number of amides is 2. The number of imide groups is 1. The van der Waals surface area contributed by atoms with Crippen LogP contribution in [0.1, 0.15) is 51.3 Å². The number of halogens is 1. The number of esters is 1. The zero-order valence-corrected chi connectivity index (χ0v) is 16.8. The summed E-state index contributed by atoms with van der Waals surface area (Å²) in [6, 6.07) is 11.5. The first kappa shape index (κ1) is 20.7. The fourth-order valence-corrected chi connectivity index (χ4v) is 3.32. The maximum absolute atomic E-state index is 12.8. The molecule has 3 rings (SSSR count). The van der Waals surface area contributed by atoms with E-state index in [2.05, 4.69) is 0 Å². The predicted octanol–water partition coefficient (Wildman–Crippen LogP) is 3.78. The van der Waals surface area contributed by atoms with Crippen LogP contribution in [0.15, 0.2) is 48.5 Å². The Morgan fingerprint density at radius 1 is 0.966 bits per heavy atom. The van der Waals surface area contributed by atoms with Crippen LogP contribution in [0.5, 0.6) is 0 Å². The van der Waals surface area contributed by atoms with Gasteiger partial charge in [0.05, 0.1) is 11.1 Å². The monoisotopic (exact) mass is 413 g/mol. The zero-order valence-electron chi connectivity index (χ0n) is 16.1. The number of benzene rings is 2. The fourth-order valence-electron chi connectivity index (χ4n) is 3.20. The van der Waals surface area contributed by atoms with Gasteiger partial charge in [-0.15, -0.1) is 0 Å². The third-order valence-corrected chi connectivity index (χ3v) is 4.87. The molecule has 1 atom stereocenters. The van der Waals surface area contributed by atoms with Crippen LogP contribution in [0.2, 0.25) is 5.02 Å². The quantitative estimate of drug-likeness (QED) is 0.392. The Hall–Kier alpha value is -2.99. The van der Waals surface area contributed by atoms with Crippen molar-refractivity contribution < 1.29 is 23.9 Å². The molecule has 0 saturated heterocycles. The molecule has 0 unspecified atom stereocenters. The molecule has 0 aromatic heterocycles. The van der Waals surface area contributed by atoms with Gasteiger partial charge in [-0.25, -0.2) is 4.79 Å². The van der Waals surface area contributed by atoms with Gasteiger partial charge in [-0.2, -0.15) is 0 Å². The Bertz CT molecular complexity index is 932. The van der Waals surface area contributed by atoms with Gasteiger partial charge in [0, 0.05) is 10.6 Å². The van der Waals surface area contributed by atoms with Crippen molar-refractivity contribution in [3.8, 4) is 0 Å². The van der Waals surface area contributed by atoms with Crippen LogP contribution >= 0.6 is 11.6 Å². The van der Waals surface area contributed by atoms with Crippen LogP contribution in [0.25, 0.3) is 0 Å². The second kappa shape index (κ2) is 8.57. The van der Waals surface area contributed by atoms with Gasteiger partial charge < -0.3 is 4.74 Å². The Morgan fingerprint density at radius 3 is 2.03 bits per heavy atom. The molecule has 1 aliphatic rings. The van der Waals surface area contributed by atoms with Crippen LogP contribution < -0.4 is 0 Å². The fraction of sp³-hybridized carbons (Fsp3) is 0.273. The molecule has 0 fully saturated rings. The molecule has 0 aliphatic carbocycles. The summed E-state index contributed by atoms with van der Waals surface area (Å²) in [5.74, 6) is -2.23. The molecule has 2 aromatic carbocycles.